The smallest absolute Gasteiger partial charge is 0.136 e. The first-order chi connectivity index (χ1) is 9.62. The molecule has 0 saturated carbocycles. The number of hydrogen-bond donors (Lipinski definition) is 2. The summed E-state index contributed by atoms with van der Waals surface area (Å²) >= 11 is 7.00. The molecule has 4 nitrogen and oxygen atoms in total. The average molecular weight is 400 g/mol. The summed E-state index contributed by atoms with van der Waals surface area (Å²) in [6, 6.07) is 7.89. The zero-order valence-corrected chi connectivity index (χ0v) is 14.5. The zero-order chi connectivity index (χ0) is 14.5. The van der Waals surface area contributed by atoms with Crippen molar-refractivity contribution in [3.05, 3.63) is 39.0 Å². The number of benzene rings is 1. The lowest BCUT2D eigenvalue weighted by Crippen LogP contribution is -2.05. The van der Waals surface area contributed by atoms with E-state index in [1.54, 1.807) is 0 Å². The Morgan fingerprint density at radius 3 is 2.50 bits per heavy atom. The molecule has 0 fully saturated rings. The summed E-state index contributed by atoms with van der Waals surface area (Å²) in [5.41, 5.74) is 0.961. The normalized spacial score (nSPS) is 10.4. The van der Waals surface area contributed by atoms with Gasteiger partial charge in [0, 0.05) is 28.0 Å². The lowest BCUT2D eigenvalue weighted by molar-refractivity contribution is 0.939. The maximum atomic E-state index is 4.50. The van der Waals surface area contributed by atoms with Crippen molar-refractivity contribution in [1.82, 2.24) is 9.97 Å². The fourth-order valence-corrected chi connectivity index (χ4v) is 2.43. The van der Waals surface area contributed by atoms with Crippen LogP contribution in [0.2, 0.25) is 0 Å². The largest absolute Gasteiger partial charge is 0.370 e. The summed E-state index contributed by atoms with van der Waals surface area (Å²) < 4.78 is 2.00. The first kappa shape index (κ1) is 15.3. The molecule has 20 heavy (non-hydrogen) atoms. The van der Waals surface area contributed by atoms with Crippen LogP contribution in [0.5, 0.6) is 0 Å². The van der Waals surface area contributed by atoms with E-state index in [1.807, 2.05) is 38.1 Å². The number of aryl methyl sites for hydroxylation is 1. The van der Waals surface area contributed by atoms with Gasteiger partial charge >= 0.3 is 0 Å². The van der Waals surface area contributed by atoms with Crippen molar-refractivity contribution < 1.29 is 0 Å². The quantitative estimate of drug-likeness (QED) is 0.762. The number of rotatable bonds is 5. The maximum absolute atomic E-state index is 4.50. The van der Waals surface area contributed by atoms with Gasteiger partial charge in [-0.15, -0.1) is 0 Å². The van der Waals surface area contributed by atoms with E-state index < -0.39 is 0 Å². The number of anilines is 3. The molecule has 0 saturated heterocycles. The summed E-state index contributed by atoms with van der Waals surface area (Å²) in [7, 11) is 0. The standard InChI is InChI=1S/C14H16Br2N4/c1-3-12-19-13(17-4-2)8-14(20-12)18-11-7-9(15)5-6-10(11)16/h5-8H,3-4H2,1-2H3,(H2,17,18,19,20). The van der Waals surface area contributed by atoms with Crippen LogP contribution in [0.4, 0.5) is 17.3 Å². The van der Waals surface area contributed by atoms with E-state index in [2.05, 4.69) is 52.5 Å². The van der Waals surface area contributed by atoms with E-state index in [4.69, 9.17) is 0 Å². The van der Waals surface area contributed by atoms with Crippen molar-refractivity contribution in [2.45, 2.75) is 20.3 Å². The second kappa shape index (κ2) is 7.04. The molecule has 0 aliphatic heterocycles. The topological polar surface area (TPSA) is 49.8 Å². The van der Waals surface area contributed by atoms with Crippen LogP contribution in [-0.2, 0) is 6.42 Å². The Morgan fingerprint density at radius 2 is 1.80 bits per heavy atom. The van der Waals surface area contributed by atoms with Crippen molar-refractivity contribution in [1.29, 1.82) is 0 Å². The molecule has 2 rings (SSSR count). The SMILES string of the molecule is CCNc1cc(Nc2cc(Br)ccc2Br)nc(CC)n1. The van der Waals surface area contributed by atoms with Crippen LogP contribution < -0.4 is 10.6 Å². The first-order valence-electron chi connectivity index (χ1n) is 6.46. The van der Waals surface area contributed by atoms with Crippen molar-refractivity contribution in [2.75, 3.05) is 17.2 Å². The number of nitrogens with one attached hydrogen (secondary N) is 2. The molecule has 6 heteroatoms. The summed E-state index contributed by atoms with van der Waals surface area (Å²) in [6.07, 6.45) is 0.799. The molecule has 0 spiro atoms. The number of nitrogens with zero attached hydrogens (tertiary/aromatic N) is 2. The Bertz CT molecular complexity index is 602. The molecule has 0 aliphatic carbocycles. The Labute approximate surface area is 135 Å². The van der Waals surface area contributed by atoms with E-state index in [9.17, 15) is 0 Å². The third-order valence-corrected chi connectivity index (χ3v) is 3.82. The van der Waals surface area contributed by atoms with Gasteiger partial charge < -0.3 is 10.6 Å². The van der Waals surface area contributed by atoms with Gasteiger partial charge in [0.25, 0.3) is 0 Å². The minimum Gasteiger partial charge on any atom is -0.370 e. The van der Waals surface area contributed by atoms with Crippen LogP contribution in [0.1, 0.15) is 19.7 Å². The van der Waals surface area contributed by atoms with Crippen LogP contribution >= 0.6 is 31.9 Å². The van der Waals surface area contributed by atoms with Crippen molar-refractivity contribution in [3.8, 4) is 0 Å². The minimum atomic E-state index is 0.784. The van der Waals surface area contributed by atoms with Gasteiger partial charge in [-0.1, -0.05) is 22.9 Å². The van der Waals surface area contributed by atoms with Gasteiger partial charge in [0.05, 0.1) is 5.69 Å². The van der Waals surface area contributed by atoms with Gasteiger partial charge in [0.2, 0.25) is 0 Å². The Balaban J connectivity index is 2.32. The van der Waals surface area contributed by atoms with Gasteiger partial charge in [0.15, 0.2) is 0 Å². The van der Waals surface area contributed by atoms with E-state index >= 15 is 0 Å². The van der Waals surface area contributed by atoms with Gasteiger partial charge in [-0.25, -0.2) is 9.97 Å². The monoisotopic (exact) mass is 398 g/mol. The Hall–Kier alpha value is -1.14. The highest BCUT2D eigenvalue weighted by molar-refractivity contribution is 9.11. The van der Waals surface area contributed by atoms with E-state index in [0.717, 1.165) is 45.1 Å². The number of aromatic nitrogens is 2. The molecule has 2 N–H and O–H groups in total. The molecule has 1 heterocycles. The third kappa shape index (κ3) is 3.93. The third-order valence-electron chi connectivity index (χ3n) is 2.64. The predicted molar refractivity (Wildman–Crippen MR) is 90.7 cm³/mol. The average Bonchev–Trinajstić information content (AvgIpc) is 2.43. The second-order valence-electron chi connectivity index (χ2n) is 4.19. The predicted octanol–water partition coefficient (Wildman–Crippen LogP) is 4.74. The summed E-state index contributed by atoms with van der Waals surface area (Å²) in [4.78, 5) is 8.94. The van der Waals surface area contributed by atoms with Crippen LogP contribution in [0, 0.1) is 0 Å². The molecule has 0 radical (unpaired) electrons. The highest BCUT2D eigenvalue weighted by atomic mass is 79.9. The van der Waals surface area contributed by atoms with Gasteiger partial charge in [-0.3, -0.25) is 0 Å². The molecular weight excluding hydrogens is 384 g/mol. The fourth-order valence-electron chi connectivity index (χ4n) is 1.72. The highest BCUT2D eigenvalue weighted by Gasteiger charge is 2.06. The summed E-state index contributed by atoms with van der Waals surface area (Å²) in [5, 5.41) is 6.54. The fraction of sp³-hybridized carbons (Fsp3) is 0.286. The molecule has 0 bridgehead atoms. The number of hydrogen-bond acceptors (Lipinski definition) is 4. The van der Waals surface area contributed by atoms with Crippen molar-refractivity contribution in [3.63, 3.8) is 0 Å². The van der Waals surface area contributed by atoms with Crippen LogP contribution in [-0.4, -0.2) is 16.5 Å². The molecule has 0 unspecified atom stereocenters. The highest BCUT2D eigenvalue weighted by Crippen LogP contribution is 2.29. The van der Waals surface area contributed by atoms with Crippen LogP contribution in [0.15, 0.2) is 33.2 Å². The molecule has 0 aliphatic rings. The molecule has 2 aromatic rings. The molecular formula is C14H16Br2N4. The first-order valence-corrected chi connectivity index (χ1v) is 8.05. The molecule has 1 aromatic heterocycles. The lowest BCUT2D eigenvalue weighted by Gasteiger charge is -2.11. The Morgan fingerprint density at radius 1 is 1.05 bits per heavy atom. The maximum Gasteiger partial charge on any atom is 0.136 e. The number of halogens is 2. The minimum absolute atomic E-state index is 0.784. The molecule has 1 aromatic carbocycles. The van der Waals surface area contributed by atoms with Crippen molar-refractivity contribution in [2.24, 2.45) is 0 Å². The van der Waals surface area contributed by atoms with Crippen LogP contribution in [0.25, 0.3) is 0 Å². The molecule has 106 valence electrons. The van der Waals surface area contributed by atoms with Gasteiger partial charge in [-0.05, 0) is 41.1 Å². The van der Waals surface area contributed by atoms with Crippen molar-refractivity contribution >= 4 is 49.2 Å². The Kier molecular flexibility index (Phi) is 5.37. The van der Waals surface area contributed by atoms with E-state index in [0.29, 0.717) is 0 Å². The summed E-state index contributed by atoms with van der Waals surface area (Å²) in [6.45, 7) is 4.93. The lowest BCUT2D eigenvalue weighted by atomic mass is 10.3. The van der Waals surface area contributed by atoms with E-state index in [-0.39, 0.29) is 0 Å². The van der Waals surface area contributed by atoms with Gasteiger partial charge in [-0.2, -0.15) is 0 Å². The molecule has 0 amide bonds. The van der Waals surface area contributed by atoms with Crippen LogP contribution in [0.3, 0.4) is 0 Å². The zero-order valence-electron chi connectivity index (χ0n) is 11.4. The molecule has 0 atom stereocenters. The second-order valence-corrected chi connectivity index (χ2v) is 5.96. The van der Waals surface area contributed by atoms with Gasteiger partial charge in [0.1, 0.15) is 17.5 Å². The summed E-state index contributed by atoms with van der Waals surface area (Å²) in [5.74, 6) is 2.44. The van der Waals surface area contributed by atoms with E-state index in [1.165, 1.54) is 0 Å².